The summed E-state index contributed by atoms with van der Waals surface area (Å²) >= 11 is 3.96. The Kier molecular flexibility index (Phi) is 1.78. The molecule has 0 aromatic carbocycles. The molecule has 0 unspecified atom stereocenters. The summed E-state index contributed by atoms with van der Waals surface area (Å²) in [5.74, 6) is 0. The molecule has 2 aromatic rings. The highest BCUT2D eigenvalue weighted by Crippen LogP contribution is 2.35. The van der Waals surface area contributed by atoms with E-state index in [-0.39, 0.29) is 0 Å². The monoisotopic (exact) mass is 236 g/mol. The second-order valence-corrected chi connectivity index (χ2v) is 9.20. The molecule has 3 heterocycles. The number of thiophene rings is 2. The van der Waals surface area contributed by atoms with E-state index in [2.05, 4.69) is 32.5 Å². The Morgan fingerprint density at radius 3 is 1.79 bits per heavy atom. The second-order valence-electron chi connectivity index (χ2n) is 4.00. The molecule has 0 fully saturated rings. The van der Waals surface area contributed by atoms with E-state index in [1.165, 1.54) is 9.75 Å². The maximum absolute atomic E-state index is 2.46. The highest BCUT2D eigenvalue weighted by molar-refractivity contribution is 7.26. The molecule has 0 bridgehead atoms. The third kappa shape index (κ3) is 1.03. The Morgan fingerprint density at radius 2 is 1.36 bits per heavy atom. The number of rotatable bonds is 0. The van der Waals surface area contributed by atoms with E-state index in [0.29, 0.717) is 0 Å². The Morgan fingerprint density at radius 1 is 0.929 bits per heavy atom. The van der Waals surface area contributed by atoms with Crippen molar-refractivity contribution in [3.05, 3.63) is 21.9 Å². The quantitative estimate of drug-likeness (QED) is 0.616. The summed E-state index contributed by atoms with van der Waals surface area (Å²) in [6.45, 7) is 6.91. The molecule has 0 saturated heterocycles. The summed E-state index contributed by atoms with van der Waals surface area (Å²) < 4.78 is 0. The Balaban J connectivity index is 2.32. The molecule has 0 amide bonds. The van der Waals surface area contributed by atoms with E-state index in [1.807, 2.05) is 22.7 Å². The zero-order valence-corrected chi connectivity index (χ0v) is 11.3. The summed E-state index contributed by atoms with van der Waals surface area (Å²) in [4.78, 5) is 6.14. The van der Waals surface area contributed by atoms with Gasteiger partial charge in [0.15, 0.2) is 0 Å². The highest BCUT2D eigenvalue weighted by Gasteiger charge is 2.30. The predicted octanol–water partition coefficient (Wildman–Crippen LogP) is 2.38. The van der Waals surface area contributed by atoms with Gasteiger partial charge in [0.1, 0.15) is 8.80 Å². The first-order chi connectivity index (χ1) is 6.66. The van der Waals surface area contributed by atoms with Crippen molar-refractivity contribution in [2.75, 3.05) is 0 Å². The summed E-state index contributed by atoms with van der Waals surface area (Å²) in [6, 6.07) is 4.83. The van der Waals surface area contributed by atoms with E-state index < -0.39 is 8.80 Å². The molecule has 1 aliphatic heterocycles. The summed E-state index contributed by atoms with van der Waals surface area (Å²) in [5, 5.41) is 3.38. The van der Waals surface area contributed by atoms with Crippen molar-refractivity contribution >= 4 is 41.8 Å². The van der Waals surface area contributed by atoms with Gasteiger partial charge in [0.05, 0.1) is 0 Å². The average Bonchev–Trinajstić information content (AvgIpc) is 2.71. The maximum Gasteiger partial charge on any atom is 0.104 e. The summed E-state index contributed by atoms with van der Waals surface area (Å²) in [6.07, 6.45) is 0. The lowest BCUT2D eigenvalue weighted by atomic mass is 10.3. The van der Waals surface area contributed by atoms with E-state index >= 15 is 0 Å². The van der Waals surface area contributed by atoms with E-state index in [0.717, 1.165) is 0 Å². The van der Waals surface area contributed by atoms with Crippen LogP contribution in [0.4, 0.5) is 0 Å². The zero-order valence-electron chi connectivity index (χ0n) is 8.55. The standard InChI is InChI=1S/C11H12S2Si/c1-6-4-8-10(12-6)11-9(14(8)3)5-7(2)13-11/h4-5,14H,1-3H3. The normalized spacial score (nSPS) is 14.5. The van der Waals surface area contributed by atoms with Crippen LogP contribution in [0.1, 0.15) is 9.75 Å². The van der Waals surface area contributed by atoms with Gasteiger partial charge >= 0.3 is 0 Å². The molecular formula is C11H12S2Si. The lowest BCUT2D eigenvalue weighted by Crippen LogP contribution is -2.33. The average molecular weight is 236 g/mol. The van der Waals surface area contributed by atoms with Crippen LogP contribution in [0.2, 0.25) is 6.55 Å². The van der Waals surface area contributed by atoms with E-state index in [1.54, 1.807) is 20.1 Å². The fourth-order valence-corrected chi connectivity index (χ4v) is 8.55. The van der Waals surface area contributed by atoms with E-state index in [9.17, 15) is 0 Å². The van der Waals surface area contributed by atoms with Crippen LogP contribution in [0.3, 0.4) is 0 Å². The Labute approximate surface area is 93.8 Å². The summed E-state index contributed by atoms with van der Waals surface area (Å²) in [5.41, 5.74) is 0. The minimum Gasteiger partial charge on any atom is -0.140 e. The number of hydrogen-bond donors (Lipinski definition) is 0. The maximum atomic E-state index is 2.46. The largest absolute Gasteiger partial charge is 0.140 e. The fourth-order valence-electron chi connectivity index (χ4n) is 2.23. The van der Waals surface area contributed by atoms with Crippen LogP contribution in [0.25, 0.3) is 9.75 Å². The van der Waals surface area contributed by atoms with E-state index in [4.69, 9.17) is 0 Å². The molecule has 0 atom stereocenters. The minimum absolute atomic E-state index is 0.782. The van der Waals surface area contributed by atoms with Crippen LogP contribution in [0.15, 0.2) is 12.1 Å². The molecule has 2 aromatic heterocycles. The predicted molar refractivity (Wildman–Crippen MR) is 69.4 cm³/mol. The lowest BCUT2D eigenvalue weighted by Gasteiger charge is -1.98. The van der Waals surface area contributed by atoms with Gasteiger partial charge in [0.2, 0.25) is 0 Å². The molecule has 0 N–H and O–H groups in total. The molecule has 72 valence electrons. The molecule has 3 heteroatoms. The van der Waals surface area contributed by atoms with Crippen LogP contribution < -0.4 is 10.4 Å². The molecule has 0 nitrogen and oxygen atoms in total. The molecule has 1 aliphatic rings. The van der Waals surface area contributed by atoms with Crippen LogP contribution >= 0.6 is 22.7 Å². The van der Waals surface area contributed by atoms with Gasteiger partial charge in [-0.3, -0.25) is 0 Å². The molecule has 14 heavy (non-hydrogen) atoms. The SMILES string of the molecule is Cc1cc2c(s1)-c1sc(C)cc1[SiH]2C. The molecule has 0 radical (unpaired) electrons. The van der Waals surface area contributed by atoms with Crippen molar-refractivity contribution in [2.45, 2.75) is 20.4 Å². The first kappa shape index (κ1) is 8.89. The van der Waals surface area contributed by atoms with Gasteiger partial charge < -0.3 is 0 Å². The van der Waals surface area contributed by atoms with Crippen molar-refractivity contribution < 1.29 is 0 Å². The van der Waals surface area contributed by atoms with Gasteiger partial charge in [0, 0.05) is 19.5 Å². The molecule has 0 spiro atoms. The smallest absolute Gasteiger partial charge is 0.104 e. The fraction of sp³-hybridized carbons (Fsp3) is 0.273. The van der Waals surface area contributed by atoms with Crippen molar-refractivity contribution in [1.29, 1.82) is 0 Å². The van der Waals surface area contributed by atoms with Gasteiger partial charge in [-0.1, -0.05) is 6.55 Å². The molecule has 3 rings (SSSR count). The zero-order chi connectivity index (χ0) is 9.87. The van der Waals surface area contributed by atoms with Crippen molar-refractivity contribution in [2.24, 2.45) is 0 Å². The first-order valence-electron chi connectivity index (χ1n) is 4.88. The van der Waals surface area contributed by atoms with Crippen molar-refractivity contribution in [1.82, 2.24) is 0 Å². The van der Waals surface area contributed by atoms with Crippen molar-refractivity contribution in [3.63, 3.8) is 0 Å². The first-order valence-corrected chi connectivity index (χ1v) is 8.82. The number of hydrogen-bond acceptors (Lipinski definition) is 2. The van der Waals surface area contributed by atoms with Crippen LogP contribution in [-0.4, -0.2) is 8.80 Å². The van der Waals surface area contributed by atoms with Gasteiger partial charge in [-0.25, -0.2) is 0 Å². The number of aryl methyl sites for hydroxylation is 2. The topological polar surface area (TPSA) is 0 Å². The van der Waals surface area contributed by atoms with Crippen molar-refractivity contribution in [3.8, 4) is 9.75 Å². The summed E-state index contributed by atoms with van der Waals surface area (Å²) in [7, 11) is -0.782. The highest BCUT2D eigenvalue weighted by atomic mass is 32.1. The minimum atomic E-state index is -0.782. The van der Waals surface area contributed by atoms with Gasteiger partial charge in [-0.15, -0.1) is 22.7 Å². The van der Waals surface area contributed by atoms with Crippen LogP contribution in [0.5, 0.6) is 0 Å². The van der Waals surface area contributed by atoms with Gasteiger partial charge in [0.25, 0.3) is 0 Å². The Bertz CT molecular complexity index is 461. The lowest BCUT2D eigenvalue weighted by molar-refractivity contribution is 1.65. The third-order valence-corrected chi connectivity index (χ3v) is 8.40. The van der Waals surface area contributed by atoms with Crippen LogP contribution in [0, 0.1) is 13.8 Å². The number of fused-ring (bicyclic) bond motifs is 3. The molecule has 0 saturated carbocycles. The third-order valence-electron chi connectivity index (χ3n) is 2.91. The van der Waals surface area contributed by atoms with Crippen LogP contribution in [-0.2, 0) is 0 Å². The molecule has 0 aliphatic carbocycles. The van der Waals surface area contributed by atoms with Gasteiger partial charge in [-0.2, -0.15) is 0 Å². The second kappa shape index (κ2) is 2.81. The Hall–Kier alpha value is -0.383. The molecular weight excluding hydrogens is 224 g/mol. The van der Waals surface area contributed by atoms with Gasteiger partial charge in [-0.05, 0) is 36.4 Å².